The van der Waals surface area contributed by atoms with Gasteiger partial charge in [-0.15, -0.1) is 0 Å². The Bertz CT molecular complexity index is 735. The standard InChI is InChI=1S/C17H17BrClN3O2/c1-2-15(21-14-6-4-13(19)5-7-14)17(24)22-20-10-11-9-12(18)3-8-16(11)23/h3-10,15,21,23H,2H2,1H3,(H,22,24)/b20-10-/t15-/m0/s1. The fourth-order valence-electron chi connectivity index (χ4n) is 1.97. The maximum atomic E-state index is 12.2. The highest BCUT2D eigenvalue weighted by molar-refractivity contribution is 9.10. The van der Waals surface area contributed by atoms with Gasteiger partial charge in [0, 0.05) is 20.7 Å². The van der Waals surface area contributed by atoms with Gasteiger partial charge in [-0.1, -0.05) is 34.5 Å². The molecule has 0 heterocycles. The fourth-order valence-corrected chi connectivity index (χ4v) is 2.48. The minimum absolute atomic E-state index is 0.0857. The van der Waals surface area contributed by atoms with Crippen LogP contribution in [0.1, 0.15) is 18.9 Å². The molecule has 0 aliphatic carbocycles. The number of rotatable bonds is 6. The van der Waals surface area contributed by atoms with Gasteiger partial charge < -0.3 is 10.4 Å². The van der Waals surface area contributed by atoms with E-state index in [2.05, 4.69) is 31.8 Å². The van der Waals surface area contributed by atoms with E-state index < -0.39 is 6.04 Å². The number of carbonyl (C=O) groups is 1. The molecule has 0 aliphatic heterocycles. The highest BCUT2D eigenvalue weighted by Gasteiger charge is 2.15. The monoisotopic (exact) mass is 409 g/mol. The first-order valence-corrected chi connectivity index (χ1v) is 8.50. The molecule has 5 nitrogen and oxygen atoms in total. The molecule has 0 saturated carbocycles. The number of hydrogen-bond donors (Lipinski definition) is 3. The zero-order valence-corrected chi connectivity index (χ0v) is 15.3. The Hall–Kier alpha value is -2.05. The lowest BCUT2D eigenvalue weighted by molar-refractivity contribution is -0.121. The summed E-state index contributed by atoms with van der Waals surface area (Å²) in [7, 11) is 0. The minimum Gasteiger partial charge on any atom is -0.507 e. The number of nitrogens with zero attached hydrogens (tertiary/aromatic N) is 1. The lowest BCUT2D eigenvalue weighted by atomic mass is 10.2. The van der Waals surface area contributed by atoms with Gasteiger partial charge >= 0.3 is 0 Å². The van der Waals surface area contributed by atoms with Gasteiger partial charge in [-0.25, -0.2) is 5.43 Å². The highest BCUT2D eigenvalue weighted by atomic mass is 79.9. The van der Waals surface area contributed by atoms with Crippen molar-refractivity contribution in [2.24, 2.45) is 5.10 Å². The summed E-state index contributed by atoms with van der Waals surface area (Å²) < 4.78 is 0.809. The van der Waals surface area contributed by atoms with Crippen molar-refractivity contribution in [3.63, 3.8) is 0 Å². The first-order chi connectivity index (χ1) is 11.5. The molecule has 0 fully saturated rings. The first kappa shape index (κ1) is 18.3. The van der Waals surface area contributed by atoms with Crippen LogP contribution in [-0.2, 0) is 4.79 Å². The van der Waals surface area contributed by atoms with Crippen molar-refractivity contribution in [3.05, 3.63) is 57.5 Å². The molecule has 7 heteroatoms. The van der Waals surface area contributed by atoms with Crippen LogP contribution in [0.5, 0.6) is 5.75 Å². The van der Waals surface area contributed by atoms with Crippen molar-refractivity contribution < 1.29 is 9.90 Å². The number of phenols is 1. The summed E-state index contributed by atoms with van der Waals surface area (Å²) in [6, 6.07) is 11.7. The van der Waals surface area contributed by atoms with Crippen LogP contribution in [0.2, 0.25) is 5.02 Å². The molecule has 2 rings (SSSR count). The Labute approximate surface area is 153 Å². The molecule has 0 radical (unpaired) electrons. The van der Waals surface area contributed by atoms with E-state index >= 15 is 0 Å². The van der Waals surface area contributed by atoms with Gasteiger partial charge in [0.1, 0.15) is 11.8 Å². The summed E-state index contributed by atoms with van der Waals surface area (Å²) in [5.41, 5.74) is 3.78. The number of amides is 1. The van der Waals surface area contributed by atoms with Crippen molar-refractivity contribution >= 4 is 45.3 Å². The highest BCUT2D eigenvalue weighted by Crippen LogP contribution is 2.20. The molecule has 2 aromatic carbocycles. The van der Waals surface area contributed by atoms with Gasteiger partial charge in [0.15, 0.2) is 0 Å². The normalized spacial score (nSPS) is 12.1. The summed E-state index contributed by atoms with van der Waals surface area (Å²) in [5.74, 6) is -0.180. The maximum Gasteiger partial charge on any atom is 0.262 e. The Morgan fingerprint density at radius 1 is 1.33 bits per heavy atom. The van der Waals surface area contributed by atoms with Crippen LogP contribution in [0, 0.1) is 0 Å². The van der Waals surface area contributed by atoms with Crippen molar-refractivity contribution in [3.8, 4) is 5.75 Å². The molecule has 24 heavy (non-hydrogen) atoms. The van der Waals surface area contributed by atoms with E-state index in [1.54, 1.807) is 42.5 Å². The summed E-state index contributed by atoms with van der Waals surface area (Å²) in [6.07, 6.45) is 1.99. The number of halogens is 2. The molecule has 1 amide bonds. The number of hydrogen-bond acceptors (Lipinski definition) is 4. The lowest BCUT2D eigenvalue weighted by Gasteiger charge is -2.16. The molecule has 2 aromatic rings. The third-order valence-corrected chi connectivity index (χ3v) is 4.02. The van der Waals surface area contributed by atoms with Crippen LogP contribution in [0.3, 0.4) is 0 Å². The molecule has 0 spiro atoms. The molecular weight excluding hydrogens is 394 g/mol. The van der Waals surface area contributed by atoms with Gasteiger partial charge in [0.05, 0.1) is 6.21 Å². The number of carbonyl (C=O) groups excluding carboxylic acids is 1. The zero-order valence-electron chi connectivity index (χ0n) is 13.0. The SMILES string of the molecule is CC[C@H](Nc1ccc(Cl)cc1)C(=O)N/N=C\c1cc(Br)ccc1O. The van der Waals surface area contributed by atoms with Crippen molar-refractivity contribution in [1.82, 2.24) is 5.43 Å². The predicted octanol–water partition coefficient (Wildman–Crippen LogP) is 4.15. The summed E-state index contributed by atoms with van der Waals surface area (Å²) in [4.78, 5) is 12.2. The molecule has 1 atom stereocenters. The van der Waals surface area contributed by atoms with Crippen molar-refractivity contribution in [2.75, 3.05) is 5.32 Å². The smallest absolute Gasteiger partial charge is 0.262 e. The number of hydrazone groups is 1. The van der Waals surface area contributed by atoms with E-state index in [1.807, 2.05) is 6.92 Å². The third kappa shape index (κ3) is 5.25. The van der Waals surface area contributed by atoms with Gasteiger partial charge in [-0.3, -0.25) is 4.79 Å². The number of anilines is 1. The van der Waals surface area contributed by atoms with E-state index in [-0.39, 0.29) is 11.7 Å². The fraction of sp³-hybridized carbons (Fsp3) is 0.176. The Morgan fingerprint density at radius 2 is 2.04 bits per heavy atom. The number of phenolic OH excluding ortho intramolecular Hbond substituents is 1. The minimum atomic E-state index is -0.431. The van der Waals surface area contributed by atoms with Crippen LogP contribution in [-0.4, -0.2) is 23.3 Å². The molecule has 0 unspecified atom stereocenters. The molecule has 0 aromatic heterocycles. The van der Waals surface area contributed by atoms with E-state index in [4.69, 9.17) is 11.6 Å². The van der Waals surface area contributed by atoms with Crippen LogP contribution in [0.15, 0.2) is 52.0 Å². The molecular formula is C17H17BrClN3O2. The number of nitrogens with one attached hydrogen (secondary N) is 2. The van der Waals surface area contributed by atoms with Crippen molar-refractivity contribution in [2.45, 2.75) is 19.4 Å². The summed E-state index contributed by atoms with van der Waals surface area (Å²) >= 11 is 9.16. The Morgan fingerprint density at radius 3 is 2.71 bits per heavy atom. The van der Waals surface area contributed by atoms with Gasteiger partial charge in [-0.2, -0.15) is 5.10 Å². The Balaban J connectivity index is 1.97. The largest absolute Gasteiger partial charge is 0.507 e. The summed E-state index contributed by atoms with van der Waals surface area (Å²) in [5, 5.41) is 17.4. The van der Waals surface area contributed by atoms with E-state index in [0.29, 0.717) is 17.0 Å². The number of aromatic hydroxyl groups is 1. The van der Waals surface area contributed by atoms with Gasteiger partial charge in [-0.05, 0) is 48.9 Å². The van der Waals surface area contributed by atoms with E-state index in [1.165, 1.54) is 6.21 Å². The second-order valence-electron chi connectivity index (χ2n) is 5.05. The van der Waals surface area contributed by atoms with Crippen LogP contribution >= 0.6 is 27.5 Å². The zero-order chi connectivity index (χ0) is 17.5. The topological polar surface area (TPSA) is 73.7 Å². The maximum absolute atomic E-state index is 12.2. The molecule has 3 N–H and O–H groups in total. The first-order valence-electron chi connectivity index (χ1n) is 7.33. The second-order valence-corrected chi connectivity index (χ2v) is 6.40. The van der Waals surface area contributed by atoms with Crippen LogP contribution in [0.4, 0.5) is 5.69 Å². The summed E-state index contributed by atoms with van der Waals surface area (Å²) in [6.45, 7) is 1.90. The second kappa shape index (κ2) is 8.70. The van der Waals surface area contributed by atoms with Gasteiger partial charge in [0.2, 0.25) is 0 Å². The third-order valence-electron chi connectivity index (χ3n) is 3.28. The van der Waals surface area contributed by atoms with E-state index in [0.717, 1.165) is 10.2 Å². The van der Waals surface area contributed by atoms with Crippen molar-refractivity contribution in [1.29, 1.82) is 0 Å². The molecule has 0 aliphatic rings. The van der Waals surface area contributed by atoms with Gasteiger partial charge in [0.25, 0.3) is 5.91 Å². The Kier molecular flexibility index (Phi) is 6.63. The molecule has 0 saturated heterocycles. The molecule has 0 bridgehead atoms. The van der Waals surface area contributed by atoms with Crippen LogP contribution in [0.25, 0.3) is 0 Å². The number of benzene rings is 2. The molecule has 126 valence electrons. The van der Waals surface area contributed by atoms with E-state index in [9.17, 15) is 9.90 Å². The average Bonchev–Trinajstić information content (AvgIpc) is 2.57. The quantitative estimate of drug-likeness (QED) is 0.495. The predicted molar refractivity (Wildman–Crippen MR) is 101 cm³/mol. The van der Waals surface area contributed by atoms with Crippen LogP contribution < -0.4 is 10.7 Å². The lowest BCUT2D eigenvalue weighted by Crippen LogP contribution is -2.36. The average molecular weight is 411 g/mol.